The van der Waals surface area contributed by atoms with Gasteiger partial charge in [0.05, 0.1) is 29.8 Å². The second-order valence-electron chi connectivity index (χ2n) is 12.8. The van der Waals surface area contributed by atoms with Crippen LogP contribution in [-0.4, -0.2) is 53.2 Å². The molecule has 0 radical (unpaired) electrons. The third kappa shape index (κ3) is 8.92. The molecule has 1 fully saturated rings. The minimum absolute atomic E-state index is 0.0172. The number of rotatable bonds is 13. The summed E-state index contributed by atoms with van der Waals surface area (Å²) in [6.07, 6.45) is 3.81. The average molecular weight is 642 g/mol. The van der Waals surface area contributed by atoms with Gasteiger partial charge < -0.3 is 19.5 Å². The Kier molecular flexibility index (Phi) is 10.5. The Labute approximate surface area is 273 Å². The Bertz CT molecular complexity index is 1700. The van der Waals surface area contributed by atoms with Crippen LogP contribution in [0.25, 0.3) is 10.9 Å². The smallest absolute Gasteiger partial charge is 0.343 e. The lowest BCUT2D eigenvalue weighted by molar-refractivity contribution is -0.154. The van der Waals surface area contributed by atoms with Crippen LogP contribution < -0.4 is 15.4 Å². The third-order valence-electron chi connectivity index (χ3n) is 7.95. The lowest BCUT2D eigenvalue weighted by atomic mass is 9.75. The predicted octanol–water partition coefficient (Wildman–Crippen LogP) is 5.69. The first-order valence-corrected chi connectivity index (χ1v) is 15.8. The molecule has 0 spiro atoms. The standard InChI is InChI=1S/C37H40FN3O6/c1-36(2,3)47-32(42)22-40-37(17-10-18-37)35(44)41-28(19-25-11-6-4-7-12-25)24-45-31-21-39-30-16-15-27(38)20-29(30)33(31)34(43)46-23-26-13-8-5-9-14-26/h4-9,11-16,20-21,28,40H,10,17-19,22-24H2,1-3H3,(H,41,44)/t28-/m1/s1. The van der Waals surface area contributed by atoms with E-state index in [1.165, 1.54) is 24.4 Å². The number of halogens is 1. The Morgan fingerprint density at radius 2 is 1.64 bits per heavy atom. The molecule has 1 atom stereocenters. The van der Waals surface area contributed by atoms with E-state index >= 15 is 0 Å². The van der Waals surface area contributed by atoms with Crippen LogP contribution in [0.1, 0.15) is 61.5 Å². The predicted molar refractivity (Wildman–Crippen MR) is 175 cm³/mol. The summed E-state index contributed by atoms with van der Waals surface area (Å²) in [5.74, 6) is -1.81. The van der Waals surface area contributed by atoms with Crippen molar-refractivity contribution in [2.75, 3.05) is 13.2 Å². The number of benzene rings is 3. The fraction of sp³-hybridized carbons (Fsp3) is 0.351. The molecule has 0 unspecified atom stereocenters. The van der Waals surface area contributed by atoms with E-state index in [2.05, 4.69) is 15.6 Å². The number of nitrogens with one attached hydrogen (secondary N) is 2. The molecule has 0 aliphatic heterocycles. The molecular formula is C37H40FN3O6. The van der Waals surface area contributed by atoms with Gasteiger partial charge >= 0.3 is 11.9 Å². The summed E-state index contributed by atoms with van der Waals surface area (Å²) < 4.78 is 31.7. The van der Waals surface area contributed by atoms with Gasteiger partial charge in [0, 0.05) is 5.39 Å². The van der Waals surface area contributed by atoms with Crippen LogP contribution >= 0.6 is 0 Å². The molecule has 1 aromatic heterocycles. The van der Waals surface area contributed by atoms with Crippen molar-refractivity contribution < 1.29 is 33.0 Å². The van der Waals surface area contributed by atoms with Crippen molar-refractivity contribution in [1.82, 2.24) is 15.6 Å². The van der Waals surface area contributed by atoms with Gasteiger partial charge in [0.15, 0.2) is 5.75 Å². The minimum atomic E-state index is -0.916. The van der Waals surface area contributed by atoms with Crippen molar-refractivity contribution in [1.29, 1.82) is 0 Å². The van der Waals surface area contributed by atoms with E-state index < -0.39 is 34.9 Å². The number of esters is 2. The highest BCUT2D eigenvalue weighted by Gasteiger charge is 2.45. The molecule has 1 aliphatic carbocycles. The van der Waals surface area contributed by atoms with Crippen LogP contribution in [0.15, 0.2) is 85.1 Å². The fourth-order valence-electron chi connectivity index (χ4n) is 5.46. The van der Waals surface area contributed by atoms with E-state index in [1.807, 2.05) is 60.7 Å². The SMILES string of the molecule is CC(C)(C)OC(=O)CNC1(C(=O)N[C@@H](COc2cnc3ccc(F)cc3c2C(=O)OCc2ccccc2)Cc2ccccc2)CCC1. The first-order chi connectivity index (χ1) is 22.5. The number of nitrogens with zero attached hydrogens (tertiary/aromatic N) is 1. The van der Waals surface area contributed by atoms with E-state index in [4.69, 9.17) is 14.2 Å². The maximum atomic E-state index is 14.4. The summed E-state index contributed by atoms with van der Waals surface area (Å²) in [4.78, 5) is 44.1. The number of aromatic nitrogens is 1. The van der Waals surface area contributed by atoms with Gasteiger partial charge in [-0.3, -0.25) is 19.9 Å². The van der Waals surface area contributed by atoms with E-state index in [0.717, 1.165) is 17.5 Å². The summed E-state index contributed by atoms with van der Waals surface area (Å²) in [5, 5.41) is 6.51. The van der Waals surface area contributed by atoms with E-state index in [1.54, 1.807) is 20.8 Å². The number of fused-ring (bicyclic) bond motifs is 1. The molecule has 0 bridgehead atoms. The van der Waals surface area contributed by atoms with Gasteiger partial charge in [0.1, 0.15) is 30.2 Å². The summed E-state index contributed by atoms with van der Waals surface area (Å²) in [7, 11) is 0. The van der Waals surface area contributed by atoms with Crippen molar-refractivity contribution in [3.05, 3.63) is 108 Å². The molecule has 1 saturated carbocycles. The van der Waals surface area contributed by atoms with Crippen LogP contribution in [0, 0.1) is 5.82 Å². The number of hydrogen-bond donors (Lipinski definition) is 2. The topological polar surface area (TPSA) is 116 Å². The maximum Gasteiger partial charge on any atom is 0.343 e. The molecule has 4 aromatic rings. The van der Waals surface area contributed by atoms with Crippen molar-refractivity contribution in [2.45, 2.75) is 70.2 Å². The number of ether oxygens (including phenoxy) is 3. The maximum absolute atomic E-state index is 14.4. The van der Waals surface area contributed by atoms with Crippen molar-refractivity contribution in [3.8, 4) is 5.75 Å². The molecule has 3 aromatic carbocycles. The number of hydrogen-bond acceptors (Lipinski definition) is 8. The average Bonchev–Trinajstić information content (AvgIpc) is 3.01. The number of pyridine rings is 1. The van der Waals surface area contributed by atoms with Gasteiger partial charge in [0.25, 0.3) is 0 Å². The van der Waals surface area contributed by atoms with Gasteiger partial charge in [-0.2, -0.15) is 0 Å². The van der Waals surface area contributed by atoms with E-state index in [0.29, 0.717) is 24.8 Å². The molecule has 246 valence electrons. The highest BCUT2D eigenvalue weighted by Crippen LogP contribution is 2.33. The van der Waals surface area contributed by atoms with Crippen LogP contribution in [0.4, 0.5) is 4.39 Å². The number of carbonyl (C=O) groups excluding carboxylic acids is 3. The largest absolute Gasteiger partial charge is 0.489 e. The summed E-state index contributed by atoms with van der Waals surface area (Å²) >= 11 is 0. The quantitative estimate of drug-likeness (QED) is 0.179. The molecule has 9 nitrogen and oxygen atoms in total. The van der Waals surface area contributed by atoms with Crippen molar-refractivity contribution in [3.63, 3.8) is 0 Å². The zero-order chi connectivity index (χ0) is 33.4. The normalized spacial score (nSPS) is 14.5. The van der Waals surface area contributed by atoms with Gasteiger partial charge in [-0.05, 0) is 75.8 Å². The Morgan fingerprint density at radius 3 is 2.28 bits per heavy atom. The van der Waals surface area contributed by atoms with Gasteiger partial charge in [-0.15, -0.1) is 0 Å². The lowest BCUT2D eigenvalue weighted by Gasteiger charge is -2.42. The second kappa shape index (κ2) is 14.7. The Balaban J connectivity index is 1.36. The minimum Gasteiger partial charge on any atom is -0.489 e. The van der Waals surface area contributed by atoms with E-state index in [-0.39, 0.29) is 42.4 Å². The van der Waals surface area contributed by atoms with Crippen LogP contribution in [0.5, 0.6) is 5.75 Å². The zero-order valence-electron chi connectivity index (χ0n) is 26.9. The van der Waals surface area contributed by atoms with Crippen LogP contribution in [0.2, 0.25) is 0 Å². The van der Waals surface area contributed by atoms with Gasteiger partial charge in [0.2, 0.25) is 5.91 Å². The van der Waals surface area contributed by atoms with Crippen LogP contribution in [0.3, 0.4) is 0 Å². The number of carbonyl (C=O) groups is 3. The first-order valence-electron chi connectivity index (χ1n) is 15.8. The highest BCUT2D eigenvalue weighted by atomic mass is 19.1. The van der Waals surface area contributed by atoms with E-state index in [9.17, 15) is 18.8 Å². The first kappa shape index (κ1) is 33.5. The molecule has 1 amide bonds. The fourth-order valence-corrected chi connectivity index (χ4v) is 5.46. The van der Waals surface area contributed by atoms with Gasteiger partial charge in [-0.1, -0.05) is 60.7 Å². The second-order valence-corrected chi connectivity index (χ2v) is 12.8. The summed E-state index contributed by atoms with van der Waals surface area (Å²) in [5.41, 5.74) is 0.658. The molecular weight excluding hydrogens is 601 g/mol. The summed E-state index contributed by atoms with van der Waals surface area (Å²) in [6, 6.07) is 22.3. The molecule has 1 heterocycles. The Morgan fingerprint density at radius 1 is 0.957 bits per heavy atom. The number of amides is 1. The zero-order valence-corrected chi connectivity index (χ0v) is 26.9. The molecule has 10 heteroatoms. The van der Waals surface area contributed by atoms with Crippen molar-refractivity contribution >= 4 is 28.7 Å². The lowest BCUT2D eigenvalue weighted by Crippen LogP contribution is -2.64. The van der Waals surface area contributed by atoms with Crippen molar-refractivity contribution in [2.24, 2.45) is 0 Å². The monoisotopic (exact) mass is 641 g/mol. The molecule has 2 N–H and O–H groups in total. The Hall–Kier alpha value is -4.83. The molecule has 47 heavy (non-hydrogen) atoms. The highest BCUT2D eigenvalue weighted by molar-refractivity contribution is 6.05. The molecule has 0 saturated heterocycles. The third-order valence-corrected chi connectivity index (χ3v) is 7.95. The molecule has 5 rings (SSSR count). The van der Waals surface area contributed by atoms with Gasteiger partial charge in [-0.25, -0.2) is 9.18 Å². The summed E-state index contributed by atoms with van der Waals surface area (Å²) in [6.45, 7) is 5.27. The molecule has 1 aliphatic rings. The van der Waals surface area contributed by atoms with Crippen LogP contribution in [-0.2, 0) is 32.1 Å².